The summed E-state index contributed by atoms with van der Waals surface area (Å²) in [6.45, 7) is 0.371. The van der Waals surface area contributed by atoms with E-state index in [4.69, 9.17) is 0 Å². The van der Waals surface area contributed by atoms with Crippen LogP contribution >= 0.6 is 0 Å². The van der Waals surface area contributed by atoms with E-state index in [1.54, 1.807) is 10.7 Å². The number of hydrogen-bond acceptors (Lipinski definition) is 3. The monoisotopic (exact) mass is 471 g/mol. The third-order valence-electron chi connectivity index (χ3n) is 5.46. The van der Waals surface area contributed by atoms with Gasteiger partial charge in [-0.3, -0.25) is 4.79 Å². The van der Waals surface area contributed by atoms with Crippen LogP contribution in [-0.2, 0) is 11.2 Å². The van der Waals surface area contributed by atoms with E-state index in [2.05, 4.69) is 28.7 Å². The van der Waals surface area contributed by atoms with Crippen molar-refractivity contribution in [2.75, 3.05) is 18.4 Å². The molecule has 1 atom stereocenters. The zero-order chi connectivity index (χ0) is 24.3. The van der Waals surface area contributed by atoms with Crippen LogP contribution in [0.15, 0.2) is 60.7 Å². The highest BCUT2D eigenvalue weighted by Gasteiger charge is 2.43. The van der Waals surface area contributed by atoms with Crippen LogP contribution in [0.4, 0.5) is 23.8 Å². The molecule has 3 amide bonds. The van der Waals surface area contributed by atoms with E-state index in [1.807, 2.05) is 48.5 Å². The highest BCUT2D eigenvalue weighted by molar-refractivity contribution is 5.98. The smallest absolute Gasteiger partial charge is 0.335 e. The van der Waals surface area contributed by atoms with Crippen LogP contribution in [0.3, 0.4) is 0 Å². The lowest BCUT2D eigenvalue weighted by molar-refractivity contribution is -0.144. The Morgan fingerprint density at radius 3 is 2.62 bits per heavy atom. The van der Waals surface area contributed by atoms with Crippen molar-refractivity contribution < 1.29 is 22.8 Å². The molecular formula is C24H24F3N5O2. The number of anilines is 1. The van der Waals surface area contributed by atoms with E-state index in [0.29, 0.717) is 10.6 Å². The van der Waals surface area contributed by atoms with E-state index in [9.17, 15) is 22.8 Å². The SMILES string of the molecule is CCCc1cccc(-c2cc(NC(=O)[C@@H]3CNC(=O)N3CC(F)(F)F)nn2-c2ccccc2)c1. The molecule has 34 heavy (non-hydrogen) atoms. The Morgan fingerprint density at radius 2 is 1.91 bits per heavy atom. The first-order chi connectivity index (χ1) is 16.2. The average molecular weight is 471 g/mol. The first-order valence-electron chi connectivity index (χ1n) is 10.9. The maximum atomic E-state index is 12.9. The third-order valence-corrected chi connectivity index (χ3v) is 5.46. The van der Waals surface area contributed by atoms with Gasteiger partial charge in [0.05, 0.1) is 11.4 Å². The molecule has 10 heteroatoms. The highest BCUT2D eigenvalue weighted by Crippen LogP contribution is 2.28. The normalized spacial score (nSPS) is 15.9. The van der Waals surface area contributed by atoms with Gasteiger partial charge in [0.1, 0.15) is 12.6 Å². The molecule has 1 fully saturated rings. The standard InChI is InChI=1S/C24H24F3N5O2/c1-2-7-16-8-6-9-17(12-16)19-13-21(30-32(19)18-10-4-3-5-11-18)29-22(33)20-14-28-23(34)31(20)15-24(25,26)27/h3-6,8-13,20H,2,7,14-15H2,1H3,(H,28,34)(H,29,30,33)/t20-/m0/s1. The molecule has 0 bridgehead atoms. The number of benzene rings is 2. The second-order valence-electron chi connectivity index (χ2n) is 8.05. The summed E-state index contributed by atoms with van der Waals surface area (Å²) in [6.07, 6.45) is -2.72. The summed E-state index contributed by atoms with van der Waals surface area (Å²) in [5.74, 6) is -0.567. The molecule has 2 heterocycles. The van der Waals surface area contributed by atoms with Crippen LogP contribution in [0.25, 0.3) is 16.9 Å². The topological polar surface area (TPSA) is 79.3 Å². The highest BCUT2D eigenvalue weighted by atomic mass is 19.4. The van der Waals surface area contributed by atoms with Crippen LogP contribution in [0.2, 0.25) is 0 Å². The first-order valence-corrected chi connectivity index (χ1v) is 10.9. The predicted octanol–water partition coefficient (Wildman–Crippen LogP) is 4.39. The Balaban J connectivity index is 1.65. The van der Waals surface area contributed by atoms with Crippen molar-refractivity contribution in [3.05, 3.63) is 66.2 Å². The zero-order valence-electron chi connectivity index (χ0n) is 18.5. The maximum Gasteiger partial charge on any atom is 0.406 e. The summed E-state index contributed by atoms with van der Waals surface area (Å²) in [5, 5.41) is 9.39. The number of carbonyl (C=O) groups excluding carboxylic acids is 2. The van der Waals surface area contributed by atoms with Crippen molar-refractivity contribution in [1.82, 2.24) is 20.0 Å². The van der Waals surface area contributed by atoms with E-state index < -0.39 is 30.7 Å². The molecule has 0 unspecified atom stereocenters. The van der Waals surface area contributed by atoms with E-state index in [-0.39, 0.29) is 12.4 Å². The average Bonchev–Trinajstić information content (AvgIpc) is 3.37. The summed E-state index contributed by atoms with van der Waals surface area (Å²) in [6, 6.07) is 16.7. The molecule has 0 saturated carbocycles. The Morgan fingerprint density at radius 1 is 1.15 bits per heavy atom. The number of aromatic nitrogens is 2. The van der Waals surface area contributed by atoms with E-state index >= 15 is 0 Å². The Kier molecular flexibility index (Phi) is 6.58. The minimum atomic E-state index is -4.62. The van der Waals surface area contributed by atoms with Gasteiger partial charge < -0.3 is 15.5 Å². The van der Waals surface area contributed by atoms with E-state index in [1.165, 1.54) is 0 Å². The van der Waals surface area contributed by atoms with E-state index in [0.717, 1.165) is 29.7 Å². The summed E-state index contributed by atoms with van der Waals surface area (Å²) in [4.78, 5) is 25.2. The van der Waals surface area contributed by atoms with Gasteiger partial charge in [-0.2, -0.15) is 13.2 Å². The molecule has 2 N–H and O–H groups in total. The minimum absolute atomic E-state index is 0.177. The maximum absolute atomic E-state index is 12.9. The van der Waals surface area contributed by atoms with Crippen LogP contribution in [0.5, 0.6) is 0 Å². The van der Waals surface area contributed by atoms with Gasteiger partial charge in [-0.1, -0.05) is 49.7 Å². The predicted molar refractivity (Wildman–Crippen MR) is 122 cm³/mol. The number of carbonyl (C=O) groups is 2. The number of rotatable bonds is 7. The summed E-state index contributed by atoms with van der Waals surface area (Å²) in [5.41, 5.74) is 3.52. The van der Waals surface area contributed by atoms with Crippen LogP contribution < -0.4 is 10.6 Å². The molecule has 1 aromatic heterocycles. The zero-order valence-corrected chi connectivity index (χ0v) is 18.5. The number of nitrogens with zero attached hydrogens (tertiary/aromatic N) is 3. The Bertz CT molecular complexity index is 1180. The molecule has 1 aliphatic heterocycles. The van der Waals surface area contributed by atoms with Gasteiger partial charge in [0.2, 0.25) is 5.91 Å². The minimum Gasteiger partial charge on any atom is -0.335 e. The number of hydrogen-bond donors (Lipinski definition) is 2. The van der Waals surface area contributed by atoms with Gasteiger partial charge in [-0.25, -0.2) is 9.48 Å². The molecular weight excluding hydrogens is 447 g/mol. The molecule has 178 valence electrons. The van der Waals surface area contributed by atoms with Crippen molar-refractivity contribution in [2.45, 2.75) is 32.0 Å². The molecule has 4 rings (SSSR count). The second-order valence-corrected chi connectivity index (χ2v) is 8.05. The number of alkyl halides is 3. The van der Waals surface area contributed by atoms with Crippen molar-refractivity contribution >= 4 is 17.8 Å². The number of para-hydroxylation sites is 1. The number of nitrogens with one attached hydrogen (secondary N) is 2. The lowest BCUT2D eigenvalue weighted by Gasteiger charge is -2.23. The fourth-order valence-corrected chi connectivity index (χ4v) is 3.94. The lowest BCUT2D eigenvalue weighted by atomic mass is 10.0. The van der Waals surface area contributed by atoms with Crippen molar-refractivity contribution in [1.29, 1.82) is 0 Å². The summed E-state index contributed by atoms with van der Waals surface area (Å²) < 4.78 is 40.4. The summed E-state index contributed by atoms with van der Waals surface area (Å²) >= 11 is 0. The molecule has 2 aromatic carbocycles. The fourth-order valence-electron chi connectivity index (χ4n) is 3.94. The lowest BCUT2D eigenvalue weighted by Crippen LogP contribution is -2.46. The number of amides is 3. The van der Waals surface area contributed by atoms with Crippen molar-refractivity contribution in [3.8, 4) is 16.9 Å². The van der Waals surface area contributed by atoms with Crippen LogP contribution in [0.1, 0.15) is 18.9 Å². The third kappa shape index (κ3) is 5.22. The second kappa shape index (κ2) is 9.58. The molecule has 7 nitrogen and oxygen atoms in total. The van der Waals surface area contributed by atoms with Crippen molar-refractivity contribution in [3.63, 3.8) is 0 Å². The van der Waals surface area contributed by atoms with Gasteiger partial charge >= 0.3 is 12.2 Å². The molecule has 1 aliphatic rings. The van der Waals surface area contributed by atoms with Gasteiger partial charge in [0, 0.05) is 18.2 Å². The summed E-state index contributed by atoms with van der Waals surface area (Å²) in [7, 11) is 0. The van der Waals surface area contributed by atoms with Crippen LogP contribution in [-0.4, -0.2) is 51.9 Å². The molecule has 3 aromatic rings. The fraction of sp³-hybridized carbons (Fsp3) is 0.292. The van der Waals surface area contributed by atoms with Gasteiger partial charge in [-0.05, 0) is 30.2 Å². The molecule has 0 aliphatic carbocycles. The molecule has 1 saturated heterocycles. The number of aryl methyl sites for hydroxylation is 1. The van der Waals surface area contributed by atoms with Crippen LogP contribution in [0, 0.1) is 0 Å². The number of halogens is 3. The Hall–Kier alpha value is -3.82. The Labute approximate surface area is 194 Å². The van der Waals surface area contributed by atoms with Gasteiger partial charge in [-0.15, -0.1) is 5.10 Å². The van der Waals surface area contributed by atoms with Gasteiger partial charge in [0.15, 0.2) is 5.82 Å². The van der Waals surface area contributed by atoms with Gasteiger partial charge in [0.25, 0.3) is 0 Å². The quantitative estimate of drug-likeness (QED) is 0.537. The first kappa shape index (κ1) is 23.3. The number of urea groups is 1. The molecule has 0 spiro atoms. The largest absolute Gasteiger partial charge is 0.406 e. The molecule has 0 radical (unpaired) electrons. The van der Waals surface area contributed by atoms with Crippen molar-refractivity contribution in [2.24, 2.45) is 0 Å².